The van der Waals surface area contributed by atoms with Crippen LogP contribution in [0.5, 0.6) is 5.88 Å². The molecule has 1 aliphatic heterocycles. The molecule has 0 unspecified atom stereocenters. The number of hydrogen-bond acceptors (Lipinski definition) is 5. The predicted octanol–water partition coefficient (Wildman–Crippen LogP) is 1.60. The summed E-state index contributed by atoms with van der Waals surface area (Å²) >= 11 is 0. The fraction of sp³-hybridized carbons (Fsp3) is 0.538. The van der Waals surface area contributed by atoms with Crippen molar-refractivity contribution in [2.75, 3.05) is 31.6 Å². The van der Waals surface area contributed by atoms with E-state index in [1.165, 1.54) is 11.9 Å². The van der Waals surface area contributed by atoms with Crippen molar-refractivity contribution in [3.63, 3.8) is 0 Å². The summed E-state index contributed by atoms with van der Waals surface area (Å²) < 4.78 is 5.47. The van der Waals surface area contributed by atoms with Gasteiger partial charge in [-0.15, -0.1) is 0 Å². The van der Waals surface area contributed by atoms with Crippen LogP contribution in [0.15, 0.2) is 24.0 Å². The highest BCUT2D eigenvalue weighted by Gasteiger charge is 2.04. The van der Waals surface area contributed by atoms with Crippen molar-refractivity contribution in [3.05, 3.63) is 24.0 Å². The Bertz CT molecular complexity index is 406. The third-order valence-corrected chi connectivity index (χ3v) is 2.75. The zero-order valence-corrected chi connectivity index (χ0v) is 10.8. The maximum absolute atomic E-state index is 5.47. The summed E-state index contributed by atoms with van der Waals surface area (Å²) in [7, 11) is 0. The van der Waals surface area contributed by atoms with Gasteiger partial charge in [-0.2, -0.15) is 0 Å². The molecule has 1 aromatic rings. The predicted molar refractivity (Wildman–Crippen MR) is 71.9 cm³/mol. The number of anilines is 1. The van der Waals surface area contributed by atoms with Crippen LogP contribution in [0.4, 0.5) is 5.82 Å². The number of hydrogen-bond donors (Lipinski definition) is 2. The van der Waals surface area contributed by atoms with Gasteiger partial charge in [0.15, 0.2) is 0 Å². The molecule has 2 heterocycles. The smallest absolute Gasteiger partial charge is 0.218 e. The van der Waals surface area contributed by atoms with Gasteiger partial charge in [0.05, 0.1) is 6.61 Å². The first kappa shape index (κ1) is 12.8. The molecule has 0 fully saturated rings. The van der Waals surface area contributed by atoms with Gasteiger partial charge in [-0.05, 0) is 19.4 Å². The zero-order chi connectivity index (χ0) is 12.6. The van der Waals surface area contributed by atoms with Crippen molar-refractivity contribution in [2.24, 2.45) is 0 Å². The fourth-order valence-corrected chi connectivity index (χ4v) is 1.76. The lowest BCUT2D eigenvalue weighted by molar-refractivity contribution is 0.305. The molecule has 0 aromatic carbocycles. The maximum Gasteiger partial charge on any atom is 0.218 e. The van der Waals surface area contributed by atoms with Crippen LogP contribution in [0.1, 0.15) is 19.8 Å². The SMILES string of the molecule is CCCOc1cc(NCC2=CCNCC2)ncn1. The van der Waals surface area contributed by atoms with Gasteiger partial charge in [0.25, 0.3) is 0 Å². The third-order valence-electron chi connectivity index (χ3n) is 2.75. The first-order valence-electron chi connectivity index (χ1n) is 6.46. The highest BCUT2D eigenvalue weighted by Crippen LogP contribution is 2.12. The quantitative estimate of drug-likeness (QED) is 0.749. The fourth-order valence-electron chi connectivity index (χ4n) is 1.76. The van der Waals surface area contributed by atoms with Crippen molar-refractivity contribution >= 4 is 5.82 Å². The molecule has 5 heteroatoms. The monoisotopic (exact) mass is 248 g/mol. The molecule has 1 aliphatic rings. The topological polar surface area (TPSA) is 59.1 Å². The lowest BCUT2D eigenvalue weighted by Gasteiger charge is -2.15. The van der Waals surface area contributed by atoms with E-state index in [1.807, 2.05) is 6.07 Å². The Morgan fingerprint density at radius 2 is 2.39 bits per heavy atom. The van der Waals surface area contributed by atoms with Crippen LogP contribution in [0.25, 0.3) is 0 Å². The average Bonchev–Trinajstić information content (AvgIpc) is 2.44. The van der Waals surface area contributed by atoms with Crippen molar-refractivity contribution in [2.45, 2.75) is 19.8 Å². The Hall–Kier alpha value is -1.62. The molecule has 98 valence electrons. The molecule has 0 saturated heterocycles. The van der Waals surface area contributed by atoms with Gasteiger partial charge < -0.3 is 15.4 Å². The van der Waals surface area contributed by atoms with Crippen molar-refractivity contribution in [1.29, 1.82) is 0 Å². The zero-order valence-electron chi connectivity index (χ0n) is 10.8. The summed E-state index contributed by atoms with van der Waals surface area (Å²) in [4.78, 5) is 8.26. The van der Waals surface area contributed by atoms with Gasteiger partial charge in [0.1, 0.15) is 12.1 Å². The molecule has 0 atom stereocenters. The maximum atomic E-state index is 5.47. The lowest BCUT2D eigenvalue weighted by Crippen LogP contribution is -2.23. The van der Waals surface area contributed by atoms with E-state index in [1.54, 1.807) is 0 Å². The molecule has 18 heavy (non-hydrogen) atoms. The van der Waals surface area contributed by atoms with Crippen LogP contribution in [0.2, 0.25) is 0 Å². The summed E-state index contributed by atoms with van der Waals surface area (Å²) in [6, 6.07) is 1.84. The minimum Gasteiger partial charge on any atom is -0.478 e. The molecule has 0 amide bonds. The molecule has 0 spiro atoms. The third kappa shape index (κ3) is 4.00. The number of rotatable bonds is 6. The first-order chi connectivity index (χ1) is 8.88. The van der Waals surface area contributed by atoms with Crippen LogP contribution in [-0.2, 0) is 0 Å². The molecule has 1 aromatic heterocycles. The van der Waals surface area contributed by atoms with Crippen LogP contribution < -0.4 is 15.4 Å². The summed E-state index contributed by atoms with van der Waals surface area (Å²) in [5, 5.41) is 6.60. The first-order valence-corrected chi connectivity index (χ1v) is 6.46. The van der Waals surface area contributed by atoms with Gasteiger partial charge in [0.2, 0.25) is 5.88 Å². The number of aromatic nitrogens is 2. The molecule has 0 bridgehead atoms. The Morgan fingerprint density at radius 1 is 1.44 bits per heavy atom. The standard InChI is InChI=1S/C13H20N4O/c1-2-7-18-13-8-12(16-10-17-13)15-9-11-3-5-14-6-4-11/h3,8,10,14H,2,4-7,9H2,1H3,(H,15,16,17). The van der Waals surface area contributed by atoms with E-state index in [-0.39, 0.29) is 0 Å². The Labute approximate surface area is 108 Å². The van der Waals surface area contributed by atoms with Crippen LogP contribution in [0, 0.1) is 0 Å². The summed E-state index contributed by atoms with van der Waals surface area (Å²) in [5.74, 6) is 1.45. The summed E-state index contributed by atoms with van der Waals surface area (Å²) in [6.45, 7) is 5.62. The van der Waals surface area contributed by atoms with Crippen LogP contribution in [0.3, 0.4) is 0 Å². The minimum absolute atomic E-state index is 0.633. The molecule has 2 rings (SSSR count). The van der Waals surface area contributed by atoms with E-state index in [4.69, 9.17) is 4.74 Å². The normalized spacial score (nSPS) is 15.1. The summed E-state index contributed by atoms with van der Waals surface area (Å²) in [5.41, 5.74) is 1.42. The molecule has 0 aliphatic carbocycles. The molecule has 0 saturated carbocycles. The largest absolute Gasteiger partial charge is 0.478 e. The van der Waals surface area contributed by atoms with Crippen molar-refractivity contribution in [3.8, 4) is 5.88 Å². The van der Waals surface area contributed by atoms with Gasteiger partial charge in [-0.3, -0.25) is 0 Å². The molecule has 5 nitrogen and oxygen atoms in total. The van der Waals surface area contributed by atoms with E-state index in [2.05, 4.69) is 33.6 Å². The van der Waals surface area contributed by atoms with Gasteiger partial charge in [0, 0.05) is 19.2 Å². The second-order valence-electron chi connectivity index (χ2n) is 4.26. The Balaban J connectivity index is 1.86. The van der Waals surface area contributed by atoms with Crippen LogP contribution in [-0.4, -0.2) is 36.2 Å². The second kappa shape index (κ2) is 6.96. The molecular formula is C13H20N4O. The van der Waals surface area contributed by atoms with E-state index >= 15 is 0 Å². The second-order valence-corrected chi connectivity index (χ2v) is 4.26. The average molecular weight is 248 g/mol. The summed E-state index contributed by atoms with van der Waals surface area (Å²) in [6.07, 6.45) is 5.83. The van der Waals surface area contributed by atoms with Crippen molar-refractivity contribution < 1.29 is 4.74 Å². The van der Waals surface area contributed by atoms with E-state index < -0.39 is 0 Å². The highest BCUT2D eigenvalue weighted by atomic mass is 16.5. The number of nitrogens with one attached hydrogen (secondary N) is 2. The Kier molecular flexibility index (Phi) is 4.96. The number of nitrogens with zero attached hydrogens (tertiary/aromatic N) is 2. The molecular weight excluding hydrogens is 228 g/mol. The van der Waals surface area contributed by atoms with E-state index in [0.29, 0.717) is 12.5 Å². The molecule has 2 N–H and O–H groups in total. The molecule has 0 radical (unpaired) electrons. The van der Waals surface area contributed by atoms with E-state index in [9.17, 15) is 0 Å². The van der Waals surface area contributed by atoms with Gasteiger partial charge in [-0.1, -0.05) is 18.6 Å². The van der Waals surface area contributed by atoms with Gasteiger partial charge >= 0.3 is 0 Å². The van der Waals surface area contributed by atoms with Crippen molar-refractivity contribution in [1.82, 2.24) is 15.3 Å². The van der Waals surface area contributed by atoms with Crippen LogP contribution >= 0.6 is 0 Å². The van der Waals surface area contributed by atoms with Gasteiger partial charge in [-0.25, -0.2) is 9.97 Å². The Morgan fingerprint density at radius 3 is 3.17 bits per heavy atom. The highest BCUT2D eigenvalue weighted by molar-refractivity contribution is 5.38. The lowest BCUT2D eigenvalue weighted by atomic mass is 10.1. The van der Waals surface area contributed by atoms with E-state index in [0.717, 1.165) is 38.3 Å². The number of ether oxygens (including phenoxy) is 1. The minimum atomic E-state index is 0.633.